The number of carbonyl (C=O) groups is 1. The Bertz CT molecular complexity index is 452. The van der Waals surface area contributed by atoms with Gasteiger partial charge < -0.3 is 9.80 Å². The highest BCUT2D eigenvalue weighted by Gasteiger charge is 2.22. The number of unbranched alkanes of at least 4 members (excludes halogenated alkanes) is 1. The van der Waals surface area contributed by atoms with Crippen LogP contribution in [0.4, 0.5) is 5.95 Å². The van der Waals surface area contributed by atoms with E-state index in [0.29, 0.717) is 11.5 Å². The summed E-state index contributed by atoms with van der Waals surface area (Å²) in [6.07, 6.45) is 7.76. The molecule has 0 atom stereocenters. The number of hydrogen-bond donors (Lipinski definition) is 0. The van der Waals surface area contributed by atoms with Crippen molar-refractivity contribution < 1.29 is 4.79 Å². The third kappa shape index (κ3) is 4.16. The number of likely N-dealkylation sites (tertiary alicyclic amines) is 1. The maximum Gasteiger partial charge on any atom is 0.256 e. The molecule has 21 heavy (non-hydrogen) atoms. The topological polar surface area (TPSA) is 49.3 Å². The van der Waals surface area contributed by atoms with Crippen molar-refractivity contribution >= 4 is 11.9 Å². The molecule has 1 amide bonds. The monoisotopic (exact) mass is 290 g/mol. The van der Waals surface area contributed by atoms with E-state index < -0.39 is 0 Å². The molecule has 2 heterocycles. The van der Waals surface area contributed by atoms with Crippen LogP contribution in [0.5, 0.6) is 0 Å². The molecule has 1 aliphatic rings. The molecule has 5 nitrogen and oxygen atoms in total. The van der Waals surface area contributed by atoms with E-state index in [-0.39, 0.29) is 5.91 Å². The second-order valence-corrected chi connectivity index (χ2v) is 6.02. The quantitative estimate of drug-likeness (QED) is 0.836. The molecule has 116 valence electrons. The number of rotatable bonds is 5. The van der Waals surface area contributed by atoms with Crippen LogP contribution in [0, 0.1) is 5.92 Å². The fourth-order valence-electron chi connectivity index (χ4n) is 2.52. The Balaban J connectivity index is 1.96. The lowest BCUT2D eigenvalue weighted by molar-refractivity contribution is 0.0696. The summed E-state index contributed by atoms with van der Waals surface area (Å²) in [5.41, 5.74) is 0.595. The minimum atomic E-state index is 0.0599. The lowest BCUT2D eigenvalue weighted by Crippen LogP contribution is -2.38. The molecule has 0 N–H and O–H groups in total. The lowest BCUT2D eigenvalue weighted by Gasteiger charge is -2.30. The largest absolute Gasteiger partial charge is 0.344 e. The highest BCUT2D eigenvalue weighted by Crippen LogP contribution is 2.18. The number of piperidine rings is 1. The second kappa shape index (κ2) is 7.38. The van der Waals surface area contributed by atoms with Gasteiger partial charge in [-0.3, -0.25) is 4.79 Å². The van der Waals surface area contributed by atoms with Crippen LogP contribution in [0.25, 0.3) is 0 Å². The van der Waals surface area contributed by atoms with Crippen LogP contribution in [-0.4, -0.2) is 47.5 Å². The van der Waals surface area contributed by atoms with Crippen molar-refractivity contribution in [1.29, 1.82) is 0 Å². The van der Waals surface area contributed by atoms with Crippen LogP contribution in [-0.2, 0) is 0 Å². The first-order valence-corrected chi connectivity index (χ1v) is 7.94. The molecule has 1 aromatic rings. The number of anilines is 1. The Kier molecular flexibility index (Phi) is 5.53. The van der Waals surface area contributed by atoms with Crippen molar-refractivity contribution in [3.05, 3.63) is 18.0 Å². The molecular weight excluding hydrogens is 264 g/mol. The van der Waals surface area contributed by atoms with Gasteiger partial charge in [0.1, 0.15) is 0 Å². The molecule has 0 aliphatic carbocycles. The first-order valence-electron chi connectivity index (χ1n) is 7.94. The van der Waals surface area contributed by atoms with E-state index >= 15 is 0 Å². The number of carbonyl (C=O) groups excluding carboxylic acids is 1. The van der Waals surface area contributed by atoms with Crippen LogP contribution < -0.4 is 4.90 Å². The van der Waals surface area contributed by atoms with Crippen LogP contribution in [0.3, 0.4) is 0 Å². The third-order valence-electron chi connectivity index (χ3n) is 4.14. The molecule has 2 rings (SSSR count). The van der Waals surface area contributed by atoms with Gasteiger partial charge in [0.15, 0.2) is 0 Å². The van der Waals surface area contributed by atoms with Crippen molar-refractivity contribution in [3.8, 4) is 0 Å². The first kappa shape index (κ1) is 15.7. The van der Waals surface area contributed by atoms with Crippen LogP contribution in [0.1, 0.15) is 49.9 Å². The van der Waals surface area contributed by atoms with E-state index in [0.717, 1.165) is 51.2 Å². The van der Waals surface area contributed by atoms with Gasteiger partial charge in [-0.1, -0.05) is 20.3 Å². The van der Waals surface area contributed by atoms with Gasteiger partial charge in [0.2, 0.25) is 5.95 Å². The van der Waals surface area contributed by atoms with Gasteiger partial charge in [-0.2, -0.15) is 0 Å². The fourth-order valence-corrected chi connectivity index (χ4v) is 2.52. The summed E-state index contributed by atoms with van der Waals surface area (Å²) in [6.45, 7) is 7.03. The summed E-state index contributed by atoms with van der Waals surface area (Å²) in [4.78, 5) is 25.0. The zero-order chi connectivity index (χ0) is 15.2. The van der Waals surface area contributed by atoms with Gasteiger partial charge in [0.05, 0.1) is 5.56 Å². The van der Waals surface area contributed by atoms with Gasteiger partial charge >= 0.3 is 0 Å². The van der Waals surface area contributed by atoms with E-state index in [2.05, 4.69) is 23.8 Å². The molecule has 1 fully saturated rings. The molecule has 5 heteroatoms. The predicted molar refractivity (Wildman–Crippen MR) is 84.5 cm³/mol. The second-order valence-electron chi connectivity index (χ2n) is 6.02. The first-order chi connectivity index (χ1) is 10.1. The van der Waals surface area contributed by atoms with Crippen LogP contribution in [0.2, 0.25) is 0 Å². The van der Waals surface area contributed by atoms with E-state index in [1.54, 1.807) is 12.4 Å². The third-order valence-corrected chi connectivity index (χ3v) is 4.14. The van der Waals surface area contributed by atoms with Crippen molar-refractivity contribution in [1.82, 2.24) is 14.9 Å². The summed E-state index contributed by atoms with van der Waals surface area (Å²) in [7, 11) is 1.98. The lowest BCUT2D eigenvalue weighted by atomic mass is 9.99. The highest BCUT2D eigenvalue weighted by molar-refractivity contribution is 5.93. The average Bonchev–Trinajstić information content (AvgIpc) is 2.53. The highest BCUT2D eigenvalue weighted by atomic mass is 16.2. The van der Waals surface area contributed by atoms with Crippen molar-refractivity contribution in [2.45, 2.75) is 39.5 Å². The molecule has 0 aromatic carbocycles. The van der Waals surface area contributed by atoms with E-state index in [1.165, 1.54) is 0 Å². The van der Waals surface area contributed by atoms with E-state index in [1.807, 2.05) is 16.8 Å². The molecule has 0 saturated carbocycles. The number of amides is 1. The molecule has 1 saturated heterocycles. The fraction of sp³-hybridized carbons (Fsp3) is 0.688. The maximum atomic E-state index is 12.4. The standard InChI is InChI=1S/C16H26N4O/c1-4-5-8-19(3)16-17-11-14(12-18-16)15(21)20-9-6-13(2)7-10-20/h11-13H,4-10H2,1-3H3. The summed E-state index contributed by atoms with van der Waals surface area (Å²) >= 11 is 0. The minimum absolute atomic E-state index is 0.0599. The SMILES string of the molecule is CCCCN(C)c1ncc(C(=O)N2CCC(C)CC2)cn1. The van der Waals surface area contributed by atoms with Gasteiger partial charge in [-0.25, -0.2) is 9.97 Å². The molecule has 0 spiro atoms. The summed E-state index contributed by atoms with van der Waals surface area (Å²) in [6, 6.07) is 0. The minimum Gasteiger partial charge on any atom is -0.344 e. The maximum absolute atomic E-state index is 12.4. The molecule has 0 bridgehead atoms. The average molecular weight is 290 g/mol. The molecule has 0 radical (unpaired) electrons. The van der Waals surface area contributed by atoms with Crippen molar-refractivity contribution in [2.24, 2.45) is 5.92 Å². The molecule has 0 unspecified atom stereocenters. The van der Waals surface area contributed by atoms with E-state index in [9.17, 15) is 4.79 Å². The predicted octanol–water partition coefficient (Wildman–Crippen LogP) is 2.59. The number of aromatic nitrogens is 2. The zero-order valence-corrected chi connectivity index (χ0v) is 13.4. The summed E-state index contributed by atoms with van der Waals surface area (Å²) < 4.78 is 0. The van der Waals surface area contributed by atoms with Crippen molar-refractivity contribution in [3.63, 3.8) is 0 Å². The zero-order valence-electron chi connectivity index (χ0n) is 13.4. The summed E-state index contributed by atoms with van der Waals surface area (Å²) in [5.74, 6) is 1.47. The van der Waals surface area contributed by atoms with Gasteiger partial charge in [0.25, 0.3) is 5.91 Å². The molecule has 1 aliphatic heterocycles. The van der Waals surface area contributed by atoms with E-state index in [4.69, 9.17) is 0 Å². The van der Waals surface area contributed by atoms with Crippen LogP contribution in [0.15, 0.2) is 12.4 Å². The Morgan fingerprint density at radius 3 is 2.52 bits per heavy atom. The number of nitrogens with zero attached hydrogens (tertiary/aromatic N) is 4. The Labute approximate surface area is 127 Å². The van der Waals surface area contributed by atoms with Gasteiger partial charge in [0, 0.05) is 39.1 Å². The summed E-state index contributed by atoms with van der Waals surface area (Å²) in [5, 5.41) is 0. The van der Waals surface area contributed by atoms with Crippen LogP contribution >= 0.6 is 0 Å². The smallest absolute Gasteiger partial charge is 0.256 e. The normalized spacial score (nSPS) is 16.0. The Morgan fingerprint density at radius 2 is 1.95 bits per heavy atom. The Morgan fingerprint density at radius 1 is 1.33 bits per heavy atom. The molecular formula is C16H26N4O. The Hall–Kier alpha value is -1.65. The van der Waals surface area contributed by atoms with Crippen molar-refractivity contribution in [2.75, 3.05) is 31.6 Å². The number of hydrogen-bond acceptors (Lipinski definition) is 4. The van der Waals surface area contributed by atoms with Gasteiger partial charge in [-0.15, -0.1) is 0 Å². The molecule has 1 aromatic heterocycles. The van der Waals surface area contributed by atoms with Gasteiger partial charge in [-0.05, 0) is 25.2 Å².